The monoisotopic (exact) mass is 487 g/mol. The minimum absolute atomic E-state index is 0.0691. The number of nitriles is 1. The smallest absolute Gasteiger partial charge is 0.287 e. The highest BCUT2D eigenvalue weighted by Crippen LogP contribution is 2.25. The van der Waals surface area contributed by atoms with Gasteiger partial charge in [-0.1, -0.05) is 12.1 Å². The maximum Gasteiger partial charge on any atom is 0.287 e. The van der Waals surface area contributed by atoms with Crippen LogP contribution in [0, 0.1) is 11.3 Å². The number of carbonyl (C=O) groups is 1. The lowest BCUT2D eigenvalue weighted by atomic mass is 10.2. The number of carbonyl (C=O) groups excluding carboxylic acids is 1. The largest absolute Gasteiger partial charge is 0.484 e. The molecule has 0 atom stereocenters. The summed E-state index contributed by atoms with van der Waals surface area (Å²) in [6, 6.07) is 15.3. The Balaban J connectivity index is 1.32. The van der Waals surface area contributed by atoms with Crippen molar-refractivity contribution in [1.82, 2.24) is 9.62 Å². The van der Waals surface area contributed by atoms with Crippen molar-refractivity contribution >= 4 is 27.3 Å². The molecule has 0 aliphatic carbocycles. The molecular formula is C22H21N3O6S2. The molecule has 33 heavy (non-hydrogen) atoms. The first kappa shape index (κ1) is 23.0. The van der Waals surface area contributed by atoms with Crippen LogP contribution in [0.4, 0.5) is 0 Å². The number of hydrogen-bond acceptors (Lipinski definition) is 8. The zero-order valence-corrected chi connectivity index (χ0v) is 19.2. The SMILES string of the molecule is N#Cc1ccccc1OCc1ccc(C(=O)NCc2ccc(S(=O)(=O)N3CCOCC3)s2)o1. The summed E-state index contributed by atoms with van der Waals surface area (Å²) in [4.78, 5) is 13.1. The summed E-state index contributed by atoms with van der Waals surface area (Å²) in [5.74, 6) is 0.551. The zero-order valence-electron chi connectivity index (χ0n) is 17.5. The normalized spacial score (nSPS) is 14.5. The average Bonchev–Trinajstić information content (AvgIpc) is 3.52. The predicted octanol–water partition coefficient (Wildman–Crippen LogP) is 2.74. The molecule has 1 aliphatic rings. The van der Waals surface area contributed by atoms with E-state index >= 15 is 0 Å². The fourth-order valence-electron chi connectivity index (χ4n) is 3.17. The van der Waals surface area contributed by atoms with Gasteiger partial charge in [-0.25, -0.2) is 8.42 Å². The molecule has 0 unspecified atom stereocenters. The number of para-hydroxylation sites is 1. The minimum atomic E-state index is -3.56. The highest BCUT2D eigenvalue weighted by Gasteiger charge is 2.27. The van der Waals surface area contributed by atoms with Crippen LogP contribution in [0.25, 0.3) is 0 Å². The van der Waals surface area contributed by atoms with Crippen molar-refractivity contribution < 1.29 is 27.1 Å². The Bertz CT molecular complexity index is 1270. The second-order valence-electron chi connectivity index (χ2n) is 7.08. The lowest BCUT2D eigenvalue weighted by Gasteiger charge is -2.25. The molecule has 2 aromatic heterocycles. The van der Waals surface area contributed by atoms with Crippen molar-refractivity contribution in [3.05, 3.63) is 70.5 Å². The molecule has 1 N–H and O–H groups in total. The van der Waals surface area contributed by atoms with Crippen molar-refractivity contribution in [1.29, 1.82) is 5.26 Å². The van der Waals surface area contributed by atoms with E-state index in [-0.39, 0.29) is 23.1 Å². The third kappa shape index (κ3) is 5.43. The van der Waals surface area contributed by atoms with Gasteiger partial charge in [0.05, 0.1) is 25.3 Å². The molecule has 3 heterocycles. The van der Waals surface area contributed by atoms with E-state index in [1.54, 1.807) is 42.5 Å². The molecule has 0 spiro atoms. The molecular weight excluding hydrogens is 466 g/mol. The van der Waals surface area contributed by atoms with Gasteiger partial charge < -0.3 is 19.2 Å². The second-order valence-corrected chi connectivity index (χ2v) is 10.4. The van der Waals surface area contributed by atoms with Crippen LogP contribution in [0.2, 0.25) is 0 Å². The van der Waals surface area contributed by atoms with Gasteiger partial charge in [0.2, 0.25) is 0 Å². The Morgan fingerprint density at radius 1 is 1.15 bits per heavy atom. The van der Waals surface area contributed by atoms with Crippen LogP contribution in [0.3, 0.4) is 0 Å². The zero-order chi connectivity index (χ0) is 23.3. The molecule has 1 fully saturated rings. The van der Waals surface area contributed by atoms with Crippen LogP contribution in [0.15, 0.2) is 57.2 Å². The van der Waals surface area contributed by atoms with E-state index in [1.807, 2.05) is 0 Å². The summed E-state index contributed by atoms with van der Waals surface area (Å²) in [6.07, 6.45) is 0. The molecule has 0 saturated carbocycles. The highest BCUT2D eigenvalue weighted by molar-refractivity contribution is 7.91. The summed E-state index contributed by atoms with van der Waals surface area (Å²) < 4.78 is 43.4. The van der Waals surface area contributed by atoms with Crippen LogP contribution in [0.1, 0.15) is 26.8 Å². The van der Waals surface area contributed by atoms with Crippen LogP contribution < -0.4 is 10.1 Å². The number of furan rings is 1. The first-order valence-electron chi connectivity index (χ1n) is 10.1. The van der Waals surface area contributed by atoms with Crippen molar-refractivity contribution in [3.8, 4) is 11.8 Å². The Morgan fingerprint density at radius 2 is 1.94 bits per heavy atom. The van der Waals surface area contributed by atoms with E-state index < -0.39 is 15.9 Å². The number of rotatable bonds is 8. The number of nitrogens with one attached hydrogen (secondary N) is 1. The summed E-state index contributed by atoms with van der Waals surface area (Å²) in [5, 5.41) is 11.8. The van der Waals surface area contributed by atoms with E-state index in [4.69, 9.17) is 19.2 Å². The summed E-state index contributed by atoms with van der Waals surface area (Å²) >= 11 is 1.12. The molecule has 1 aromatic carbocycles. The first-order chi connectivity index (χ1) is 16.0. The Hall–Kier alpha value is -3.17. The van der Waals surface area contributed by atoms with Crippen molar-refractivity contribution in [2.45, 2.75) is 17.4 Å². The fraction of sp³-hybridized carbons (Fsp3) is 0.273. The molecule has 9 nitrogen and oxygen atoms in total. The Morgan fingerprint density at radius 3 is 2.73 bits per heavy atom. The quantitative estimate of drug-likeness (QED) is 0.518. The molecule has 3 aromatic rings. The van der Waals surface area contributed by atoms with E-state index in [2.05, 4.69) is 11.4 Å². The Kier molecular flexibility index (Phi) is 7.10. The van der Waals surface area contributed by atoms with E-state index in [0.29, 0.717) is 48.3 Å². The van der Waals surface area contributed by atoms with Gasteiger partial charge in [0, 0.05) is 18.0 Å². The maximum absolute atomic E-state index is 12.7. The standard InChI is InChI=1S/C22H21N3O6S2/c23-13-16-3-1-2-4-19(16)30-15-17-5-7-20(31-17)22(26)24-14-18-6-8-21(32-18)33(27,28)25-9-11-29-12-10-25/h1-8H,9-12,14-15H2,(H,24,26). The summed E-state index contributed by atoms with van der Waals surface area (Å²) in [7, 11) is -3.56. The second kappa shape index (κ2) is 10.2. The van der Waals surface area contributed by atoms with Gasteiger partial charge >= 0.3 is 0 Å². The predicted molar refractivity (Wildman–Crippen MR) is 119 cm³/mol. The van der Waals surface area contributed by atoms with Crippen LogP contribution in [-0.4, -0.2) is 44.9 Å². The van der Waals surface area contributed by atoms with Gasteiger partial charge in [-0.15, -0.1) is 11.3 Å². The van der Waals surface area contributed by atoms with E-state index in [1.165, 1.54) is 10.4 Å². The van der Waals surface area contributed by atoms with Gasteiger partial charge in [0.15, 0.2) is 5.76 Å². The molecule has 0 bridgehead atoms. The molecule has 1 saturated heterocycles. The number of hydrogen-bond donors (Lipinski definition) is 1. The molecule has 1 aliphatic heterocycles. The number of ether oxygens (including phenoxy) is 2. The molecule has 172 valence electrons. The van der Waals surface area contributed by atoms with Gasteiger partial charge in [-0.2, -0.15) is 9.57 Å². The van der Waals surface area contributed by atoms with Crippen molar-refractivity contribution in [2.75, 3.05) is 26.3 Å². The van der Waals surface area contributed by atoms with Crippen LogP contribution in [0.5, 0.6) is 5.75 Å². The highest BCUT2D eigenvalue weighted by atomic mass is 32.2. The average molecular weight is 488 g/mol. The third-order valence-corrected chi connectivity index (χ3v) is 8.34. The lowest BCUT2D eigenvalue weighted by Crippen LogP contribution is -2.40. The van der Waals surface area contributed by atoms with Gasteiger partial charge in [0.25, 0.3) is 15.9 Å². The third-order valence-electron chi connectivity index (χ3n) is 4.89. The molecule has 4 rings (SSSR count). The summed E-state index contributed by atoms with van der Waals surface area (Å²) in [5.41, 5.74) is 0.410. The Labute approximate surface area is 195 Å². The number of amides is 1. The van der Waals surface area contributed by atoms with E-state index in [0.717, 1.165) is 11.3 Å². The van der Waals surface area contributed by atoms with Crippen LogP contribution >= 0.6 is 11.3 Å². The number of nitrogens with zero attached hydrogens (tertiary/aromatic N) is 2. The lowest BCUT2D eigenvalue weighted by molar-refractivity contribution is 0.0731. The van der Waals surface area contributed by atoms with Crippen molar-refractivity contribution in [2.24, 2.45) is 0 Å². The molecule has 0 radical (unpaired) electrons. The number of morpholine rings is 1. The maximum atomic E-state index is 12.7. The van der Waals surface area contributed by atoms with Crippen LogP contribution in [-0.2, 0) is 27.9 Å². The topological polar surface area (TPSA) is 122 Å². The molecule has 1 amide bonds. The summed E-state index contributed by atoms with van der Waals surface area (Å²) in [6.45, 7) is 1.67. The van der Waals surface area contributed by atoms with Crippen molar-refractivity contribution in [3.63, 3.8) is 0 Å². The number of thiophene rings is 1. The van der Waals surface area contributed by atoms with E-state index in [9.17, 15) is 13.2 Å². The number of benzene rings is 1. The van der Waals surface area contributed by atoms with Gasteiger partial charge in [-0.05, 0) is 36.4 Å². The fourth-order valence-corrected chi connectivity index (χ4v) is 6.03. The molecule has 11 heteroatoms. The van der Waals surface area contributed by atoms with Gasteiger partial charge in [-0.3, -0.25) is 4.79 Å². The number of sulfonamides is 1. The van der Waals surface area contributed by atoms with Gasteiger partial charge in [0.1, 0.15) is 28.4 Å². The first-order valence-corrected chi connectivity index (χ1v) is 12.4. The minimum Gasteiger partial charge on any atom is -0.484 e.